The molecular formula is C18H20N2O5S. The average molecular weight is 376 g/mol. The van der Waals surface area contributed by atoms with Crippen LogP contribution in [-0.2, 0) is 19.1 Å². The van der Waals surface area contributed by atoms with Gasteiger partial charge in [-0.25, -0.2) is 9.79 Å². The van der Waals surface area contributed by atoms with Crippen LogP contribution in [-0.4, -0.2) is 29.6 Å². The highest BCUT2D eigenvalue weighted by atomic mass is 32.2. The number of thioether (sulfide) groups is 1. The molecule has 1 N–H and O–H groups in total. The van der Waals surface area contributed by atoms with Gasteiger partial charge in [0.05, 0.1) is 23.1 Å². The zero-order valence-corrected chi connectivity index (χ0v) is 15.8. The molecule has 0 fully saturated rings. The fraction of sp³-hybridized carbons (Fsp3) is 0.333. The van der Waals surface area contributed by atoms with E-state index in [9.17, 15) is 14.4 Å². The molecule has 0 aromatic heterocycles. The summed E-state index contributed by atoms with van der Waals surface area (Å²) in [5.74, 6) is -0.686. The number of hydrogen-bond acceptors (Lipinski definition) is 7. The standard InChI is InChI=1S/C18H20N2O5S/c1-5-24-17(23)15-10(2)19-18(20-11(3)21)26-16(15)13-6-8-14(9-7-13)25-12(4)22/h6-9,16H,5H2,1-4H3,(H,19,20,21). The van der Waals surface area contributed by atoms with E-state index in [0.29, 0.717) is 22.2 Å². The highest BCUT2D eigenvalue weighted by Crippen LogP contribution is 2.42. The molecule has 1 heterocycles. The summed E-state index contributed by atoms with van der Waals surface area (Å²) in [6.45, 7) is 6.41. The Balaban J connectivity index is 2.39. The van der Waals surface area contributed by atoms with Crippen molar-refractivity contribution in [3.63, 3.8) is 0 Å². The van der Waals surface area contributed by atoms with Crippen molar-refractivity contribution in [3.05, 3.63) is 41.1 Å². The topological polar surface area (TPSA) is 94.1 Å². The zero-order chi connectivity index (χ0) is 19.3. The van der Waals surface area contributed by atoms with Gasteiger partial charge in [-0.2, -0.15) is 0 Å². The predicted octanol–water partition coefficient (Wildman–Crippen LogP) is 2.73. The van der Waals surface area contributed by atoms with E-state index in [0.717, 1.165) is 5.56 Å². The largest absolute Gasteiger partial charge is 0.463 e. The van der Waals surface area contributed by atoms with Gasteiger partial charge in [-0.3, -0.25) is 9.59 Å². The maximum absolute atomic E-state index is 12.4. The SMILES string of the molecule is CCOC(=O)C1=C(C)N=C(NC(C)=O)SC1c1ccc(OC(C)=O)cc1. The number of amides is 1. The third-order valence-electron chi connectivity index (χ3n) is 3.37. The van der Waals surface area contributed by atoms with Crippen LogP contribution in [0.25, 0.3) is 0 Å². The van der Waals surface area contributed by atoms with Crippen LogP contribution < -0.4 is 10.1 Å². The Bertz CT molecular complexity index is 783. The molecule has 0 radical (unpaired) electrons. The summed E-state index contributed by atoms with van der Waals surface area (Å²) in [6.07, 6.45) is 0. The predicted molar refractivity (Wildman–Crippen MR) is 98.7 cm³/mol. The monoisotopic (exact) mass is 376 g/mol. The summed E-state index contributed by atoms with van der Waals surface area (Å²) < 4.78 is 10.2. The van der Waals surface area contributed by atoms with Crippen LogP contribution in [0.15, 0.2) is 40.5 Å². The Labute approximate surface area is 155 Å². The number of amidine groups is 1. The third-order valence-corrected chi connectivity index (χ3v) is 4.53. The lowest BCUT2D eigenvalue weighted by Crippen LogP contribution is -2.30. The third kappa shape index (κ3) is 4.95. The van der Waals surface area contributed by atoms with E-state index in [2.05, 4.69) is 10.3 Å². The molecule has 8 heteroatoms. The van der Waals surface area contributed by atoms with Gasteiger partial charge in [0.25, 0.3) is 0 Å². The highest BCUT2D eigenvalue weighted by Gasteiger charge is 2.32. The minimum Gasteiger partial charge on any atom is -0.463 e. The van der Waals surface area contributed by atoms with Crippen LogP contribution in [0, 0.1) is 0 Å². The van der Waals surface area contributed by atoms with Gasteiger partial charge in [0.1, 0.15) is 5.75 Å². The van der Waals surface area contributed by atoms with Gasteiger partial charge >= 0.3 is 11.9 Å². The molecule has 0 saturated heterocycles. The van der Waals surface area contributed by atoms with Gasteiger partial charge < -0.3 is 14.8 Å². The van der Waals surface area contributed by atoms with Crippen LogP contribution in [0.2, 0.25) is 0 Å². The van der Waals surface area contributed by atoms with Crippen LogP contribution >= 0.6 is 11.8 Å². The molecule has 1 aromatic carbocycles. The summed E-state index contributed by atoms with van der Waals surface area (Å²) in [4.78, 5) is 39.1. The second-order valence-electron chi connectivity index (χ2n) is 5.48. The Hall–Kier alpha value is -2.61. The number of ether oxygens (including phenoxy) is 2. The minimum absolute atomic E-state index is 0.243. The fourth-order valence-electron chi connectivity index (χ4n) is 2.38. The van der Waals surface area contributed by atoms with Crippen LogP contribution in [0.1, 0.15) is 38.5 Å². The lowest BCUT2D eigenvalue weighted by Gasteiger charge is -2.25. The number of carbonyl (C=O) groups excluding carboxylic acids is 3. The first-order chi connectivity index (χ1) is 12.3. The molecule has 1 atom stereocenters. The van der Waals surface area contributed by atoms with Crippen molar-refractivity contribution in [2.45, 2.75) is 32.9 Å². The minimum atomic E-state index is -0.447. The van der Waals surface area contributed by atoms with Crippen molar-refractivity contribution in [1.29, 1.82) is 0 Å². The van der Waals surface area contributed by atoms with Crippen molar-refractivity contribution in [1.82, 2.24) is 5.32 Å². The second-order valence-corrected chi connectivity index (χ2v) is 6.57. The molecule has 138 valence electrons. The number of nitrogens with zero attached hydrogens (tertiary/aromatic N) is 1. The molecule has 0 saturated carbocycles. The van der Waals surface area contributed by atoms with E-state index in [4.69, 9.17) is 9.47 Å². The van der Waals surface area contributed by atoms with E-state index >= 15 is 0 Å². The number of hydrogen-bond donors (Lipinski definition) is 1. The van der Waals surface area contributed by atoms with Crippen LogP contribution in [0.4, 0.5) is 0 Å². The fourth-order valence-corrected chi connectivity index (χ4v) is 3.68. The summed E-state index contributed by atoms with van der Waals surface area (Å²) in [5.41, 5.74) is 1.71. The molecule has 1 unspecified atom stereocenters. The highest BCUT2D eigenvalue weighted by molar-refractivity contribution is 8.14. The number of benzene rings is 1. The van der Waals surface area contributed by atoms with Crippen molar-refractivity contribution in [2.24, 2.45) is 4.99 Å². The molecule has 1 amide bonds. The van der Waals surface area contributed by atoms with Crippen molar-refractivity contribution >= 4 is 34.8 Å². The average Bonchev–Trinajstić information content (AvgIpc) is 2.54. The summed E-state index contributed by atoms with van der Waals surface area (Å²) in [7, 11) is 0. The smallest absolute Gasteiger partial charge is 0.337 e. The zero-order valence-electron chi connectivity index (χ0n) is 15.0. The van der Waals surface area contributed by atoms with Crippen molar-refractivity contribution in [2.75, 3.05) is 6.61 Å². The second kappa shape index (κ2) is 8.66. The molecule has 0 aliphatic carbocycles. The van der Waals surface area contributed by atoms with E-state index < -0.39 is 17.2 Å². The normalized spacial score (nSPS) is 16.6. The molecule has 1 aromatic rings. The summed E-state index contributed by atoms with van der Waals surface area (Å²) >= 11 is 1.25. The first-order valence-corrected chi connectivity index (χ1v) is 8.89. The molecule has 1 aliphatic rings. The number of aliphatic imine (C=N–C) groups is 1. The van der Waals surface area contributed by atoms with Crippen molar-refractivity contribution < 1.29 is 23.9 Å². The van der Waals surface area contributed by atoms with Gasteiger partial charge in [-0.1, -0.05) is 23.9 Å². The van der Waals surface area contributed by atoms with E-state index in [-0.39, 0.29) is 12.5 Å². The van der Waals surface area contributed by atoms with E-state index in [1.807, 2.05) is 0 Å². The molecule has 0 spiro atoms. The first-order valence-electron chi connectivity index (χ1n) is 8.01. The quantitative estimate of drug-likeness (QED) is 0.641. The van der Waals surface area contributed by atoms with Crippen LogP contribution in [0.3, 0.4) is 0 Å². The Morgan fingerprint density at radius 1 is 1.19 bits per heavy atom. The van der Waals surface area contributed by atoms with Gasteiger partial charge in [0.2, 0.25) is 5.91 Å². The summed E-state index contributed by atoms with van der Waals surface area (Å²) in [5, 5.41) is 2.67. The molecule has 2 rings (SSSR count). The van der Waals surface area contributed by atoms with E-state index in [1.54, 1.807) is 38.1 Å². The van der Waals surface area contributed by atoms with E-state index in [1.165, 1.54) is 25.6 Å². The Morgan fingerprint density at radius 3 is 2.38 bits per heavy atom. The van der Waals surface area contributed by atoms with Crippen molar-refractivity contribution in [3.8, 4) is 5.75 Å². The molecule has 0 bridgehead atoms. The molecule has 1 aliphatic heterocycles. The first kappa shape index (κ1) is 19.7. The number of allylic oxidation sites excluding steroid dienone is 1. The number of esters is 2. The molecule has 7 nitrogen and oxygen atoms in total. The number of carbonyl (C=O) groups is 3. The van der Waals surface area contributed by atoms with Crippen LogP contribution in [0.5, 0.6) is 5.75 Å². The maximum Gasteiger partial charge on any atom is 0.337 e. The lowest BCUT2D eigenvalue weighted by molar-refractivity contribution is -0.138. The lowest BCUT2D eigenvalue weighted by atomic mass is 10.0. The Kier molecular flexibility index (Phi) is 6.57. The number of nitrogens with one attached hydrogen (secondary N) is 1. The number of rotatable bonds is 4. The Morgan fingerprint density at radius 2 is 1.85 bits per heavy atom. The van der Waals surface area contributed by atoms with Gasteiger partial charge in [0.15, 0.2) is 5.17 Å². The van der Waals surface area contributed by atoms with Gasteiger partial charge in [-0.15, -0.1) is 0 Å². The summed E-state index contributed by atoms with van der Waals surface area (Å²) in [6, 6.07) is 6.83. The molecular weight excluding hydrogens is 356 g/mol. The molecule has 26 heavy (non-hydrogen) atoms. The maximum atomic E-state index is 12.4. The van der Waals surface area contributed by atoms with Gasteiger partial charge in [-0.05, 0) is 31.5 Å². The van der Waals surface area contributed by atoms with Gasteiger partial charge in [0, 0.05) is 13.8 Å².